The highest BCUT2D eigenvalue weighted by Gasteiger charge is 2.56. The van der Waals surface area contributed by atoms with Gasteiger partial charge in [0.2, 0.25) is 0 Å². The number of aliphatic hydroxyl groups excluding tert-OH is 1. The minimum Gasteiger partial charge on any atom is -0.462 e. The number of nitrogens with two attached hydrogens (primary N) is 1. The minimum atomic E-state index is -3.54. The van der Waals surface area contributed by atoms with E-state index in [9.17, 15) is 18.9 Å². The van der Waals surface area contributed by atoms with Crippen molar-refractivity contribution in [3.8, 4) is 0 Å². The molecule has 13 heteroatoms. The smallest absolute Gasteiger partial charge is 0.323 e. The lowest BCUT2D eigenvalue weighted by molar-refractivity contribution is -0.149. The lowest BCUT2D eigenvalue weighted by atomic mass is 9.82. The third kappa shape index (κ3) is 5.74. The van der Waals surface area contributed by atoms with Gasteiger partial charge in [0.1, 0.15) is 11.9 Å². The summed E-state index contributed by atoms with van der Waals surface area (Å²) in [5.74, 6) is -1.93. The fourth-order valence-electron chi connectivity index (χ4n) is 3.24. The molecule has 2 aliphatic heterocycles. The molecule has 2 heterocycles. The molecule has 2 unspecified atom stereocenters. The summed E-state index contributed by atoms with van der Waals surface area (Å²) in [6.07, 6.45) is -3.67. The zero-order valence-corrected chi connectivity index (χ0v) is 19.6. The van der Waals surface area contributed by atoms with E-state index in [2.05, 4.69) is 16.7 Å². The monoisotopic (exact) mass is 480 g/mol. The molecule has 10 nitrogen and oxygen atoms in total. The summed E-state index contributed by atoms with van der Waals surface area (Å²) in [5.41, 5.74) is 3.94. The number of alkyl halides is 1. The van der Waals surface area contributed by atoms with Crippen LogP contribution in [0.1, 0.15) is 27.7 Å². The molecular weight excluding hydrogens is 449 g/mol. The lowest BCUT2D eigenvalue weighted by Gasteiger charge is -2.32. The first kappa shape index (κ1) is 26.4. The first-order chi connectivity index (χ1) is 14.7. The fraction of sp³-hybridized carbons (Fsp3) is 0.684. The molecule has 0 bridgehead atoms. The summed E-state index contributed by atoms with van der Waals surface area (Å²) in [4.78, 5) is 16.7. The van der Waals surface area contributed by atoms with E-state index in [1.54, 1.807) is 13.8 Å². The molecule has 0 aromatic rings. The number of carbonyl (C=O) groups is 1. The first-order valence-electron chi connectivity index (χ1n) is 10.0. The van der Waals surface area contributed by atoms with Crippen LogP contribution in [-0.2, 0) is 23.4 Å². The van der Waals surface area contributed by atoms with E-state index in [0.717, 1.165) is 11.1 Å². The third-order valence-corrected chi connectivity index (χ3v) is 6.68. The number of hydrogen-bond donors (Lipinski definition) is 3. The maximum Gasteiger partial charge on any atom is 0.323 e. The Balaban J connectivity index is 2.10. The van der Waals surface area contributed by atoms with Gasteiger partial charge in [-0.2, -0.15) is 0 Å². The second kappa shape index (κ2) is 9.96. The Bertz CT molecular complexity index is 854. The molecule has 2 aliphatic rings. The molecular formula is C19H31F2N4O6P. The predicted octanol–water partition coefficient (Wildman–Crippen LogP) is 1.77. The highest BCUT2D eigenvalue weighted by atomic mass is 31.2. The number of halogens is 2. The normalized spacial score (nSPS) is 31.2. The van der Waals surface area contributed by atoms with Crippen LogP contribution in [-0.4, -0.2) is 72.3 Å². The number of nitrogens with zero attached hydrogens (tertiary/aromatic N) is 2. The average molecular weight is 480 g/mol. The van der Waals surface area contributed by atoms with Crippen molar-refractivity contribution in [3.05, 3.63) is 24.4 Å². The Morgan fingerprint density at radius 1 is 1.53 bits per heavy atom. The van der Waals surface area contributed by atoms with Gasteiger partial charge in [0.05, 0.1) is 30.8 Å². The van der Waals surface area contributed by atoms with Gasteiger partial charge in [-0.25, -0.2) is 18.9 Å². The summed E-state index contributed by atoms with van der Waals surface area (Å²) in [5, 5.41) is 12.4. The van der Waals surface area contributed by atoms with Gasteiger partial charge in [-0.15, -0.1) is 0 Å². The molecule has 0 saturated carbocycles. The van der Waals surface area contributed by atoms with Gasteiger partial charge in [0.25, 0.3) is 7.52 Å². The lowest BCUT2D eigenvalue weighted by Crippen LogP contribution is -2.44. The number of ether oxygens (including phenoxy) is 2. The highest BCUT2D eigenvalue weighted by molar-refractivity contribution is 7.56. The number of esters is 1. The summed E-state index contributed by atoms with van der Waals surface area (Å²) >= 11 is 0. The Hall–Kier alpha value is -1.85. The number of rotatable bonds is 9. The summed E-state index contributed by atoms with van der Waals surface area (Å²) in [6, 6.07) is -0.920. The van der Waals surface area contributed by atoms with E-state index in [0.29, 0.717) is 0 Å². The van der Waals surface area contributed by atoms with Crippen LogP contribution in [0.3, 0.4) is 0 Å². The van der Waals surface area contributed by atoms with Crippen LogP contribution in [0.15, 0.2) is 29.4 Å². The Labute approximate surface area is 186 Å². The predicted molar refractivity (Wildman–Crippen MR) is 114 cm³/mol. The van der Waals surface area contributed by atoms with Crippen LogP contribution >= 0.6 is 7.52 Å². The molecule has 0 radical (unpaired) electrons. The second-order valence-electron chi connectivity index (χ2n) is 8.36. The van der Waals surface area contributed by atoms with Gasteiger partial charge < -0.3 is 29.7 Å². The van der Waals surface area contributed by atoms with Crippen LogP contribution in [0.2, 0.25) is 0 Å². The van der Waals surface area contributed by atoms with Gasteiger partial charge in [0.15, 0.2) is 24.1 Å². The standard InChI is InChI=1S/C19H31F2N4O6P/c1-10(2)30-18(27)11(3)24-32(6,28)29-8-14-19(5,9-26)15(21)17(31-14)25-7-13(20)16(22)23-12(25)4/h7,10-11,14-15,17,26H,4,8-9H2,1-3,5-6H3,(H2,22,23)(H,24,28)/t11-,14+,15-,17+,19?,32?/m0/s1. The summed E-state index contributed by atoms with van der Waals surface area (Å²) in [6.45, 7) is 10.1. The largest absolute Gasteiger partial charge is 0.462 e. The molecule has 32 heavy (non-hydrogen) atoms. The fourth-order valence-corrected chi connectivity index (χ4v) is 4.54. The average Bonchev–Trinajstić information content (AvgIpc) is 2.93. The number of nitrogens with one attached hydrogen (secondary N) is 1. The Kier molecular flexibility index (Phi) is 8.22. The number of hydrogen-bond acceptors (Lipinski definition) is 9. The van der Waals surface area contributed by atoms with E-state index in [1.165, 1.54) is 20.5 Å². The van der Waals surface area contributed by atoms with E-state index in [-0.39, 0.29) is 18.5 Å². The van der Waals surface area contributed by atoms with Gasteiger partial charge >= 0.3 is 5.97 Å². The topological polar surface area (TPSA) is 136 Å². The van der Waals surface area contributed by atoms with Crippen LogP contribution < -0.4 is 10.8 Å². The maximum atomic E-state index is 15.3. The van der Waals surface area contributed by atoms with Gasteiger partial charge in [-0.3, -0.25) is 9.36 Å². The molecule has 2 rings (SSSR count). The number of amidine groups is 1. The van der Waals surface area contributed by atoms with E-state index in [1.807, 2.05) is 0 Å². The van der Waals surface area contributed by atoms with Crippen molar-refractivity contribution in [1.82, 2.24) is 9.99 Å². The molecule has 0 amide bonds. The van der Waals surface area contributed by atoms with Crippen molar-refractivity contribution in [3.63, 3.8) is 0 Å². The number of aliphatic imine (C=N–C) groups is 1. The third-order valence-electron chi connectivity index (χ3n) is 5.18. The van der Waals surface area contributed by atoms with Crippen LogP contribution in [0.4, 0.5) is 8.78 Å². The van der Waals surface area contributed by atoms with E-state index < -0.39 is 61.7 Å². The quantitative estimate of drug-likeness (QED) is 0.333. The van der Waals surface area contributed by atoms with Crippen molar-refractivity contribution in [2.75, 3.05) is 19.9 Å². The van der Waals surface area contributed by atoms with Gasteiger partial charge in [-0.1, -0.05) is 13.5 Å². The molecule has 1 saturated heterocycles. The minimum absolute atomic E-state index is 0.0428. The van der Waals surface area contributed by atoms with Crippen molar-refractivity contribution in [2.45, 2.75) is 58.3 Å². The van der Waals surface area contributed by atoms with E-state index in [4.69, 9.17) is 19.7 Å². The molecule has 182 valence electrons. The van der Waals surface area contributed by atoms with Crippen LogP contribution in [0, 0.1) is 5.41 Å². The number of aliphatic hydroxyl groups is 1. The zero-order valence-electron chi connectivity index (χ0n) is 18.7. The van der Waals surface area contributed by atoms with E-state index >= 15 is 4.39 Å². The van der Waals surface area contributed by atoms with Crippen LogP contribution in [0.5, 0.6) is 0 Å². The summed E-state index contributed by atoms with van der Waals surface area (Å²) < 4.78 is 58.2. The maximum absolute atomic E-state index is 15.3. The van der Waals surface area contributed by atoms with Crippen molar-refractivity contribution in [1.29, 1.82) is 0 Å². The van der Waals surface area contributed by atoms with Gasteiger partial charge in [-0.05, 0) is 20.8 Å². The van der Waals surface area contributed by atoms with Crippen molar-refractivity contribution in [2.24, 2.45) is 16.1 Å². The SMILES string of the molecule is C=C1N=C(N)C(F)=CN1[C@@H]1O[C@H](COP(C)(=O)N[C@@H](C)C(=O)OC(C)C)C(C)(CO)[C@H]1F. The van der Waals surface area contributed by atoms with Gasteiger partial charge in [0, 0.05) is 12.9 Å². The molecule has 6 atom stereocenters. The molecule has 0 aliphatic carbocycles. The van der Waals surface area contributed by atoms with Crippen LogP contribution in [0.25, 0.3) is 0 Å². The molecule has 0 aromatic carbocycles. The number of carbonyl (C=O) groups excluding carboxylic acids is 1. The summed E-state index contributed by atoms with van der Waals surface area (Å²) in [7, 11) is -3.54. The Morgan fingerprint density at radius 2 is 2.16 bits per heavy atom. The highest BCUT2D eigenvalue weighted by Crippen LogP contribution is 2.46. The Morgan fingerprint density at radius 3 is 2.72 bits per heavy atom. The van der Waals surface area contributed by atoms with Crippen molar-refractivity contribution < 1.29 is 37.2 Å². The molecule has 0 aromatic heterocycles. The molecule has 1 fully saturated rings. The molecule has 4 N–H and O–H groups in total. The second-order valence-corrected chi connectivity index (χ2v) is 10.6. The zero-order chi connectivity index (χ0) is 24.4. The first-order valence-corrected chi connectivity index (χ1v) is 12.1. The molecule has 0 spiro atoms. The van der Waals surface area contributed by atoms with Crippen molar-refractivity contribution >= 4 is 19.3 Å².